The molecule has 1 aromatic heterocycles. The number of amides is 1. The average Bonchev–Trinajstić information content (AvgIpc) is 2.30. The Morgan fingerprint density at radius 2 is 2.38 bits per heavy atom. The van der Waals surface area contributed by atoms with Crippen LogP contribution in [-0.2, 0) is 4.79 Å². The van der Waals surface area contributed by atoms with Gasteiger partial charge in [0.15, 0.2) is 5.82 Å². The van der Waals surface area contributed by atoms with Gasteiger partial charge in [0.25, 0.3) is 0 Å². The van der Waals surface area contributed by atoms with Crippen molar-refractivity contribution in [1.29, 1.82) is 0 Å². The molecule has 1 rings (SSSR count). The van der Waals surface area contributed by atoms with Gasteiger partial charge in [0, 0.05) is 13.6 Å². The number of nitrogen functional groups attached to an aromatic ring is 1. The smallest absolute Gasteiger partial charge is 0.244 e. The first-order valence-corrected chi connectivity index (χ1v) is 5.13. The summed E-state index contributed by atoms with van der Waals surface area (Å²) in [6.45, 7) is 4.36. The van der Waals surface area contributed by atoms with Crippen LogP contribution in [0.15, 0.2) is 12.5 Å². The minimum Gasteiger partial charge on any atom is -0.394 e. The first kappa shape index (κ1) is 12.2. The number of carbonyl (C=O) groups excluding carboxylic acids is 1. The van der Waals surface area contributed by atoms with Crippen LogP contribution in [0.25, 0.3) is 0 Å². The zero-order valence-electron chi connectivity index (χ0n) is 9.77. The van der Waals surface area contributed by atoms with Gasteiger partial charge in [-0.2, -0.15) is 0 Å². The fourth-order valence-electron chi connectivity index (χ4n) is 1.21. The van der Waals surface area contributed by atoms with E-state index in [2.05, 4.69) is 15.3 Å². The summed E-state index contributed by atoms with van der Waals surface area (Å²) in [5.74, 6) is 0.487. The molecule has 0 spiro atoms. The SMILES string of the molecule is CCN(C)C(=O)C(C)Nc1ncncc1N. The van der Waals surface area contributed by atoms with Gasteiger partial charge in [-0.3, -0.25) is 4.79 Å². The number of hydrogen-bond acceptors (Lipinski definition) is 5. The predicted octanol–water partition coefficient (Wildman–Crippen LogP) is 0.337. The highest BCUT2D eigenvalue weighted by molar-refractivity contribution is 5.84. The molecular formula is C10H17N5O. The van der Waals surface area contributed by atoms with E-state index < -0.39 is 0 Å². The number of nitrogens with zero attached hydrogens (tertiary/aromatic N) is 3. The molecule has 3 N–H and O–H groups in total. The molecule has 0 aliphatic carbocycles. The van der Waals surface area contributed by atoms with Gasteiger partial charge < -0.3 is 16.0 Å². The Kier molecular flexibility index (Phi) is 4.04. The molecular weight excluding hydrogens is 206 g/mol. The minimum absolute atomic E-state index is 0.000474. The Labute approximate surface area is 94.9 Å². The van der Waals surface area contributed by atoms with E-state index in [-0.39, 0.29) is 11.9 Å². The number of likely N-dealkylation sites (N-methyl/N-ethyl adjacent to an activating group) is 1. The quantitative estimate of drug-likeness (QED) is 0.768. The van der Waals surface area contributed by atoms with Crippen molar-refractivity contribution in [3.63, 3.8) is 0 Å². The van der Waals surface area contributed by atoms with E-state index in [4.69, 9.17) is 5.73 Å². The lowest BCUT2D eigenvalue weighted by Crippen LogP contribution is -2.39. The van der Waals surface area contributed by atoms with Gasteiger partial charge in [0.1, 0.15) is 12.4 Å². The van der Waals surface area contributed by atoms with Crippen LogP contribution >= 0.6 is 0 Å². The van der Waals surface area contributed by atoms with E-state index in [0.717, 1.165) is 0 Å². The lowest BCUT2D eigenvalue weighted by atomic mass is 10.3. The summed E-state index contributed by atoms with van der Waals surface area (Å²) in [4.78, 5) is 21.1. The number of anilines is 2. The summed E-state index contributed by atoms with van der Waals surface area (Å²) < 4.78 is 0. The average molecular weight is 223 g/mol. The molecule has 0 saturated carbocycles. The third-order valence-corrected chi connectivity index (χ3v) is 2.31. The lowest BCUT2D eigenvalue weighted by molar-refractivity contribution is -0.130. The molecule has 1 heterocycles. The summed E-state index contributed by atoms with van der Waals surface area (Å²) in [6.07, 6.45) is 2.88. The van der Waals surface area contributed by atoms with E-state index in [1.54, 1.807) is 18.9 Å². The van der Waals surface area contributed by atoms with Crippen molar-refractivity contribution in [2.24, 2.45) is 0 Å². The molecule has 0 radical (unpaired) electrons. The van der Waals surface area contributed by atoms with Crippen LogP contribution in [0.3, 0.4) is 0 Å². The monoisotopic (exact) mass is 223 g/mol. The van der Waals surface area contributed by atoms with Crippen molar-refractivity contribution in [3.05, 3.63) is 12.5 Å². The summed E-state index contributed by atoms with van der Waals surface area (Å²) in [7, 11) is 1.75. The van der Waals surface area contributed by atoms with Crippen molar-refractivity contribution < 1.29 is 4.79 Å². The standard InChI is InChI=1S/C10H17N5O/c1-4-15(3)10(16)7(2)14-9-8(11)5-12-6-13-9/h5-7H,4,11H2,1-3H3,(H,12,13,14). The molecule has 6 nitrogen and oxygen atoms in total. The van der Waals surface area contributed by atoms with Gasteiger partial charge in [0.05, 0.1) is 11.9 Å². The third kappa shape index (κ3) is 2.82. The molecule has 6 heteroatoms. The molecule has 0 saturated heterocycles. The molecule has 1 atom stereocenters. The number of rotatable bonds is 4. The van der Waals surface area contributed by atoms with Gasteiger partial charge in [-0.1, -0.05) is 0 Å². The van der Waals surface area contributed by atoms with Crippen LogP contribution in [0.4, 0.5) is 11.5 Å². The molecule has 16 heavy (non-hydrogen) atoms. The van der Waals surface area contributed by atoms with Gasteiger partial charge in [-0.05, 0) is 13.8 Å². The molecule has 0 bridgehead atoms. The number of carbonyl (C=O) groups is 1. The fraction of sp³-hybridized carbons (Fsp3) is 0.500. The van der Waals surface area contributed by atoms with Gasteiger partial charge in [0.2, 0.25) is 5.91 Å². The maximum Gasteiger partial charge on any atom is 0.244 e. The van der Waals surface area contributed by atoms with Crippen LogP contribution in [0.1, 0.15) is 13.8 Å². The largest absolute Gasteiger partial charge is 0.394 e. The van der Waals surface area contributed by atoms with Crippen molar-refractivity contribution in [2.45, 2.75) is 19.9 Å². The maximum atomic E-state index is 11.8. The van der Waals surface area contributed by atoms with Crippen LogP contribution in [0.2, 0.25) is 0 Å². The van der Waals surface area contributed by atoms with Crippen molar-refractivity contribution in [1.82, 2.24) is 14.9 Å². The van der Waals surface area contributed by atoms with Crippen LogP contribution in [0.5, 0.6) is 0 Å². The highest BCUT2D eigenvalue weighted by Gasteiger charge is 2.17. The molecule has 0 aliphatic rings. The summed E-state index contributed by atoms with van der Waals surface area (Å²) in [5, 5.41) is 2.96. The van der Waals surface area contributed by atoms with Crippen molar-refractivity contribution >= 4 is 17.4 Å². The van der Waals surface area contributed by atoms with Crippen molar-refractivity contribution in [2.75, 3.05) is 24.6 Å². The normalized spacial score (nSPS) is 11.9. The molecule has 0 aromatic carbocycles. The van der Waals surface area contributed by atoms with Crippen LogP contribution in [0, 0.1) is 0 Å². The number of nitrogens with one attached hydrogen (secondary N) is 1. The Hall–Kier alpha value is -1.85. The second kappa shape index (κ2) is 5.29. The predicted molar refractivity (Wildman–Crippen MR) is 62.8 cm³/mol. The van der Waals surface area contributed by atoms with E-state index in [1.165, 1.54) is 12.5 Å². The third-order valence-electron chi connectivity index (χ3n) is 2.31. The first-order valence-electron chi connectivity index (χ1n) is 5.13. The lowest BCUT2D eigenvalue weighted by Gasteiger charge is -2.21. The Bertz CT molecular complexity index is 368. The Balaban J connectivity index is 2.68. The van der Waals surface area contributed by atoms with Crippen LogP contribution < -0.4 is 11.1 Å². The molecule has 1 aromatic rings. The number of aromatic nitrogens is 2. The zero-order chi connectivity index (χ0) is 12.1. The zero-order valence-corrected chi connectivity index (χ0v) is 9.77. The molecule has 0 aliphatic heterocycles. The highest BCUT2D eigenvalue weighted by atomic mass is 16.2. The van der Waals surface area contributed by atoms with Gasteiger partial charge in [-0.15, -0.1) is 0 Å². The van der Waals surface area contributed by atoms with Crippen LogP contribution in [-0.4, -0.2) is 40.4 Å². The number of hydrogen-bond donors (Lipinski definition) is 2. The second-order valence-corrected chi connectivity index (χ2v) is 3.55. The van der Waals surface area contributed by atoms with E-state index >= 15 is 0 Å². The highest BCUT2D eigenvalue weighted by Crippen LogP contribution is 2.13. The topological polar surface area (TPSA) is 84.1 Å². The molecule has 1 amide bonds. The van der Waals surface area contributed by atoms with E-state index in [1.807, 2.05) is 6.92 Å². The Morgan fingerprint density at radius 3 is 2.94 bits per heavy atom. The van der Waals surface area contributed by atoms with Crippen molar-refractivity contribution in [3.8, 4) is 0 Å². The second-order valence-electron chi connectivity index (χ2n) is 3.55. The minimum atomic E-state index is -0.359. The fourth-order valence-corrected chi connectivity index (χ4v) is 1.21. The molecule has 88 valence electrons. The maximum absolute atomic E-state index is 11.8. The van der Waals surface area contributed by atoms with Gasteiger partial charge in [-0.25, -0.2) is 9.97 Å². The van der Waals surface area contributed by atoms with E-state index in [9.17, 15) is 4.79 Å². The first-order chi connectivity index (χ1) is 7.56. The van der Waals surface area contributed by atoms with Gasteiger partial charge >= 0.3 is 0 Å². The summed E-state index contributed by atoms with van der Waals surface area (Å²) >= 11 is 0. The summed E-state index contributed by atoms with van der Waals surface area (Å²) in [5.41, 5.74) is 6.10. The molecule has 0 fully saturated rings. The number of nitrogens with two attached hydrogens (primary N) is 1. The summed E-state index contributed by atoms with van der Waals surface area (Å²) in [6, 6.07) is -0.359. The van der Waals surface area contributed by atoms with E-state index in [0.29, 0.717) is 18.1 Å². The Morgan fingerprint density at radius 1 is 1.69 bits per heavy atom. The molecule has 1 unspecified atom stereocenters.